The van der Waals surface area contributed by atoms with E-state index < -0.39 is 0 Å². The second-order valence-corrected chi connectivity index (χ2v) is 6.63. The van der Waals surface area contributed by atoms with Crippen molar-refractivity contribution in [3.05, 3.63) is 23.8 Å². The molecule has 6 heteroatoms. The van der Waals surface area contributed by atoms with Crippen LogP contribution < -0.4 is 20.1 Å². The second kappa shape index (κ2) is 10.7. The highest BCUT2D eigenvalue weighted by molar-refractivity contribution is 5.81. The molecule has 26 heavy (non-hydrogen) atoms. The zero-order valence-electron chi connectivity index (χ0n) is 15.8. The first-order chi connectivity index (χ1) is 12.6. The van der Waals surface area contributed by atoms with Gasteiger partial charge in [-0.15, -0.1) is 0 Å². The van der Waals surface area contributed by atoms with Crippen LogP contribution in [0.25, 0.3) is 0 Å². The summed E-state index contributed by atoms with van der Waals surface area (Å²) in [5.41, 5.74) is 0.958. The van der Waals surface area contributed by atoms with Crippen molar-refractivity contribution in [2.75, 3.05) is 20.3 Å². The van der Waals surface area contributed by atoms with Gasteiger partial charge in [0.15, 0.2) is 11.5 Å². The molecule has 0 aromatic heterocycles. The molecule has 0 aliphatic heterocycles. The van der Waals surface area contributed by atoms with Crippen LogP contribution in [0.15, 0.2) is 18.2 Å². The zero-order valence-corrected chi connectivity index (χ0v) is 15.8. The van der Waals surface area contributed by atoms with Gasteiger partial charge in [0.2, 0.25) is 11.8 Å². The van der Waals surface area contributed by atoms with Gasteiger partial charge in [0.25, 0.3) is 0 Å². The second-order valence-electron chi connectivity index (χ2n) is 6.63. The van der Waals surface area contributed by atoms with Crippen molar-refractivity contribution in [3.8, 4) is 11.5 Å². The molecule has 0 radical (unpaired) electrons. The van der Waals surface area contributed by atoms with E-state index in [1.165, 1.54) is 0 Å². The summed E-state index contributed by atoms with van der Waals surface area (Å²) in [7, 11) is 1.61. The van der Waals surface area contributed by atoms with Crippen molar-refractivity contribution < 1.29 is 19.1 Å². The molecule has 0 atom stereocenters. The number of hydrogen-bond acceptors (Lipinski definition) is 4. The summed E-state index contributed by atoms with van der Waals surface area (Å²) in [4.78, 5) is 23.4. The van der Waals surface area contributed by atoms with Crippen molar-refractivity contribution >= 4 is 11.8 Å². The Morgan fingerprint density at radius 1 is 1.15 bits per heavy atom. The Bertz CT molecular complexity index is 599. The molecular formula is C20H30N2O4. The Morgan fingerprint density at radius 2 is 1.96 bits per heavy atom. The van der Waals surface area contributed by atoms with Gasteiger partial charge in [0.1, 0.15) is 0 Å². The number of nitrogens with one attached hydrogen (secondary N) is 2. The van der Waals surface area contributed by atoms with Crippen molar-refractivity contribution in [3.63, 3.8) is 0 Å². The van der Waals surface area contributed by atoms with Crippen LogP contribution in [0.4, 0.5) is 0 Å². The maximum absolute atomic E-state index is 11.9. The highest BCUT2D eigenvalue weighted by Gasteiger charge is 2.28. The molecule has 6 nitrogen and oxygen atoms in total. The first kappa shape index (κ1) is 20.1. The standard InChI is InChI=1S/C20H30N2O4/c1-3-4-12-26-17-10-7-15(13-18(17)25-2)14-22-19(23)6-5-11-21-20(24)16-8-9-16/h7,10,13,16H,3-6,8-9,11-12,14H2,1-2H3,(H,21,24)(H,22,23). The minimum absolute atomic E-state index is 0.0205. The maximum Gasteiger partial charge on any atom is 0.223 e. The van der Waals surface area contributed by atoms with Gasteiger partial charge in [0, 0.05) is 25.4 Å². The van der Waals surface area contributed by atoms with Crippen LogP contribution in [-0.4, -0.2) is 32.1 Å². The minimum Gasteiger partial charge on any atom is -0.493 e. The van der Waals surface area contributed by atoms with Gasteiger partial charge in [-0.1, -0.05) is 19.4 Å². The summed E-state index contributed by atoms with van der Waals surface area (Å²) in [5, 5.41) is 5.76. The smallest absolute Gasteiger partial charge is 0.223 e. The molecule has 0 bridgehead atoms. The monoisotopic (exact) mass is 362 g/mol. The third-order valence-corrected chi connectivity index (χ3v) is 4.30. The number of hydrogen-bond donors (Lipinski definition) is 2. The van der Waals surface area contributed by atoms with Crippen LogP contribution in [0.1, 0.15) is 51.0 Å². The number of carbonyl (C=O) groups is 2. The molecule has 1 aliphatic carbocycles. The molecule has 0 saturated heterocycles. The highest BCUT2D eigenvalue weighted by atomic mass is 16.5. The molecule has 0 heterocycles. The summed E-state index contributed by atoms with van der Waals surface area (Å²) in [6, 6.07) is 5.70. The lowest BCUT2D eigenvalue weighted by Gasteiger charge is -2.12. The van der Waals surface area contributed by atoms with Crippen LogP contribution in [0.2, 0.25) is 0 Å². The molecule has 1 aromatic carbocycles. The molecule has 144 valence electrons. The van der Waals surface area contributed by atoms with Crippen molar-refractivity contribution in [2.24, 2.45) is 5.92 Å². The fraction of sp³-hybridized carbons (Fsp3) is 0.600. The molecule has 1 aliphatic rings. The highest BCUT2D eigenvalue weighted by Crippen LogP contribution is 2.29. The largest absolute Gasteiger partial charge is 0.493 e. The normalized spacial score (nSPS) is 13.2. The molecule has 2 rings (SSSR count). The Kier molecular flexibility index (Phi) is 8.25. The van der Waals surface area contributed by atoms with E-state index in [1.54, 1.807) is 7.11 Å². The van der Waals surface area contributed by atoms with Crippen molar-refractivity contribution in [1.29, 1.82) is 0 Å². The number of ether oxygens (including phenoxy) is 2. The van der Waals surface area contributed by atoms with Gasteiger partial charge in [0.05, 0.1) is 13.7 Å². The van der Waals surface area contributed by atoms with E-state index in [1.807, 2.05) is 18.2 Å². The van der Waals surface area contributed by atoms with Gasteiger partial charge in [-0.3, -0.25) is 9.59 Å². The molecular weight excluding hydrogens is 332 g/mol. The van der Waals surface area contributed by atoms with Gasteiger partial charge in [-0.25, -0.2) is 0 Å². The third kappa shape index (κ3) is 6.94. The summed E-state index contributed by atoms with van der Waals surface area (Å²) in [5.74, 6) is 1.72. The van der Waals surface area contributed by atoms with E-state index in [-0.39, 0.29) is 17.7 Å². The van der Waals surface area contributed by atoms with E-state index >= 15 is 0 Å². The first-order valence-electron chi connectivity index (χ1n) is 9.48. The topological polar surface area (TPSA) is 76.7 Å². The van der Waals surface area contributed by atoms with Crippen molar-refractivity contribution in [2.45, 2.75) is 52.0 Å². The van der Waals surface area contributed by atoms with E-state index in [2.05, 4.69) is 17.6 Å². The first-order valence-corrected chi connectivity index (χ1v) is 9.48. The lowest BCUT2D eigenvalue weighted by molar-refractivity contribution is -0.123. The van der Waals surface area contributed by atoms with Crippen LogP contribution >= 0.6 is 0 Å². The van der Waals surface area contributed by atoms with Crippen LogP contribution in [-0.2, 0) is 16.1 Å². The maximum atomic E-state index is 11.9. The number of methoxy groups -OCH3 is 1. The van der Waals surface area contributed by atoms with Gasteiger partial charge in [-0.2, -0.15) is 0 Å². The Labute approximate surface area is 155 Å². The predicted octanol–water partition coefficient (Wildman–Crippen LogP) is 2.80. The molecule has 1 aromatic rings. The van der Waals surface area contributed by atoms with Crippen LogP contribution in [0.3, 0.4) is 0 Å². The Hall–Kier alpha value is -2.24. The number of amides is 2. The molecule has 1 fully saturated rings. The van der Waals surface area contributed by atoms with Crippen LogP contribution in [0.5, 0.6) is 11.5 Å². The zero-order chi connectivity index (χ0) is 18.8. The third-order valence-electron chi connectivity index (χ3n) is 4.30. The number of unbranched alkanes of at least 4 members (excludes halogenated alkanes) is 1. The summed E-state index contributed by atoms with van der Waals surface area (Å²) in [6.07, 6.45) is 5.13. The van der Waals surface area contributed by atoms with Crippen LogP contribution in [0, 0.1) is 5.92 Å². The van der Waals surface area contributed by atoms with Crippen molar-refractivity contribution in [1.82, 2.24) is 10.6 Å². The van der Waals surface area contributed by atoms with Gasteiger partial charge >= 0.3 is 0 Å². The van der Waals surface area contributed by atoms with Gasteiger partial charge < -0.3 is 20.1 Å². The average molecular weight is 362 g/mol. The minimum atomic E-state index is -0.0205. The summed E-state index contributed by atoms with van der Waals surface area (Å²) < 4.78 is 11.1. The molecule has 0 unspecified atom stereocenters. The molecule has 2 amide bonds. The number of rotatable bonds is 12. The lowest BCUT2D eigenvalue weighted by atomic mass is 10.2. The quantitative estimate of drug-likeness (QED) is 0.561. The molecule has 1 saturated carbocycles. The molecule has 0 spiro atoms. The number of carbonyl (C=O) groups excluding carboxylic acids is 2. The fourth-order valence-electron chi connectivity index (χ4n) is 2.51. The number of benzene rings is 1. The van der Waals surface area contributed by atoms with Gasteiger partial charge in [-0.05, 0) is 43.4 Å². The van der Waals surface area contributed by atoms with E-state index in [4.69, 9.17) is 9.47 Å². The van der Waals surface area contributed by atoms with E-state index in [0.717, 1.165) is 37.0 Å². The average Bonchev–Trinajstić information content (AvgIpc) is 3.49. The Balaban J connectivity index is 1.68. The summed E-state index contributed by atoms with van der Waals surface area (Å²) >= 11 is 0. The fourth-order valence-corrected chi connectivity index (χ4v) is 2.51. The molecule has 2 N–H and O–H groups in total. The SMILES string of the molecule is CCCCOc1ccc(CNC(=O)CCCNC(=O)C2CC2)cc1OC. The Morgan fingerprint density at radius 3 is 2.65 bits per heavy atom. The lowest BCUT2D eigenvalue weighted by Crippen LogP contribution is -2.28. The van der Waals surface area contributed by atoms with E-state index in [0.29, 0.717) is 38.3 Å². The summed E-state index contributed by atoms with van der Waals surface area (Å²) in [6.45, 7) is 3.78. The predicted molar refractivity (Wildman–Crippen MR) is 100 cm³/mol. The van der Waals surface area contributed by atoms with E-state index in [9.17, 15) is 9.59 Å².